The van der Waals surface area contributed by atoms with Gasteiger partial charge in [0.05, 0.1) is 12.1 Å². The largest absolute Gasteiger partial charge is 0.491 e. The Hall–Kier alpha value is -3.02. The summed E-state index contributed by atoms with van der Waals surface area (Å²) in [6.07, 6.45) is 0.102. The molecule has 0 spiro atoms. The summed E-state index contributed by atoms with van der Waals surface area (Å²) in [5, 5.41) is 8.49. The summed E-state index contributed by atoms with van der Waals surface area (Å²) in [6.45, 7) is 7.70. The fraction of sp³-hybridized carbons (Fsp3) is 0.333. The van der Waals surface area contributed by atoms with E-state index in [1.165, 1.54) is 6.92 Å². The third-order valence-electron chi connectivity index (χ3n) is 3.78. The minimum absolute atomic E-state index is 0.102. The molecule has 0 heterocycles. The van der Waals surface area contributed by atoms with Gasteiger partial charge in [-0.3, -0.25) is 4.79 Å². The maximum Gasteiger partial charge on any atom is 0.315 e. The van der Waals surface area contributed by atoms with E-state index in [4.69, 9.17) is 4.74 Å². The standard InChI is InChI=1S/C21H27N3O3/c1-14(2)27-20-10-5-7-17(11-20)13-22-21(26)23-15(3)18-8-6-9-19(12-18)24-16(4)25/h5-12,14-15H,13H2,1-4H3,(H,24,25)(H2,22,23,26). The number of rotatable bonds is 7. The van der Waals surface area contributed by atoms with E-state index in [9.17, 15) is 9.59 Å². The molecule has 6 heteroatoms. The monoisotopic (exact) mass is 369 g/mol. The highest BCUT2D eigenvalue weighted by atomic mass is 16.5. The first kappa shape index (κ1) is 20.3. The van der Waals surface area contributed by atoms with Crippen molar-refractivity contribution in [3.8, 4) is 5.75 Å². The SMILES string of the molecule is CC(=O)Nc1cccc(C(C)NC(=O)NCc2cccc(OC(C)C)c2)c1. The van der Waals surface area contributed by atoms with Gasteiger partial charge >= 0.3 is 6.03 Å². The molecule has 0 bridgehead atoms. The Morgan fingerprint density at radius 2 is 1.78 bits per heavy atom. The molecule has 1 unspecified atom stereocenters. The number of hydrogen-bond donors (Lipinski definition) is 3. The summed E-state index contributed by atoms with van der Waals surface area (Å²) in [6, 6.07) is 14.6. The number of ether oxygens (including phenoxy) is 1. The molecule has 0 aromatic heterocycles. The Bertz CT molecular complexity index is 790. The molecule has 2 aromatic carbocycles. The predicted molar refractivity (Wildman–Crippen MR) is 107 cm³/mol. The van der Waals surface area contributed by atoms with Crippen LogP contribution >= 0.6 is 0 Å². The van der Waals surface area contributed by atoms with Crippen LogP contribution in [0.2, 0.25) is 0 Å². The maximum absolute atomic E-state index is 12.2. The minimum Gasteiger partial charge on any atom is -0.491 e. The molecule has 0 aliphatic heterocycles. The number of nitrogens with one attached hydrogen (secondary N) is 3. The molecule has 0 saturated heterocycles. The van der Waals surface area contributed by atoms with E-state index < -0.39 is 0 Å². The molecule has 0 saturated carbocycles. The van der Waals surface area contributed by atoms with Crippen LogP contribution in [0.5, 0.6) is 5.75 Å². The van der Waals surface area contributed by atoms with Crippen molar-refractivity contribution in [2.45, 2.75) is 46.4 Å². The smallest absolute Gasteiger partial charge is 0.315 e. The van der Waals surface area contributed by atoms with Crippen molar-refractivity contribution < 1.29 is 14.3 Å². The van der Waals surface area contributed by atoms with Crippen molar-refractivity contribution in [3.05, 3.63) is 59.7 Å². The van der Waals surface area contributed by atoms with Crippen LogP contribution in [0, 0.1) is 0 Å². The Kier molecular flexibility index (Phi) is 7.23. The zero-order valence-corrected chi connectivity index (χ0v) is 16.2. The van der Waals surface area contributed by atoms with Gasteiger partial charge in [-0.1, -0.05) is 24.3 Å². The number of amides is 3. The van der Waals surface area contributed by atoms with Gasteiger partial charge in [0.1, 0.15) is 5.75 Å². The highest BCUT2D eigenvalue weighted by molar-refractivity contribution is 5.88. The zero-order valence-electron chi connectivity index (χ0n) is 16.2. The van der Waals surface area contributed by atoms with Crippen LogP contribution in [0.1, 0.15) is 44.9 Å². The third-order valence-corrected chi connectivity index (χ3v) is 3.78. The van der Waals surface area contributed by atoms with E-state index in [-0.39, 0.29) is 24.1 Å². The normalized spacial score (nSPS) is 11.6. The fourth-order valence-electron chi connectivity index (χ4n) is 2.60. The van der Waals surface area contributed by atoms with E-state index in [0.717, 1.165) is 16.9 Å². The summed E-state index contributed by atoms with van der Waals surface area (Å²) in [5.41, 5.74) is 2.57. The lowest BCUT2D eigenvalue weighted by Crippen LogP contribution is -2.36. The van der Waals surface area contributed by atoms with E-state index in [0.29, 0.717) is 12.2 Å². The van der Waals surface area contributed by atoms with Gasteiger partial charge in [0, 0.05) is 19.2 Å². The van der Waals surface area contributed by atoms with Crippen molar-refractivity contribution >= 4 is 17.6 Å². The third kappa shape index (κ3) is 7.01. The molecule has 144 valence electrons. The predicted octanol–water partition coefficient (Wildman–Crippen LogP) is 3.99. The van der Waals surface area contributed by atoms with Gasteiger partial charge in [-0.15, -0.1) is 0 Å². The zero-order chi connectivity index (χ0) is 19.8. The van der Waals surface area contributed by atoms with Gasteiger partial charge in [0.25, 0.3) is 0 Å². The van der Waals surface area contributed by atoms with Crippen LogP contribution < -0.4 is 20.7 Å². The van der Waals surface area contributed by atoms with E-state index >= 15 is 0 Å². The number of urea groups is 1. The van der Waals surface area contributed by atoms with Gasteiger partial charge in [-0.2, -0.15) is 0 Å². The van der Waals surface area contributed by atoms with E-state index in [2.05, 4.69) is 16.0 Å². The second-order valence-corrected chi connectivity index (χ2v) is 6.67. The average molecular weight is 369 g/mol. The number of anilines is 1. The number of carbonyl (C=O) groups is 2. The van der Waals surface area contributed by atoms with Crippen LogP contribution in [-0.2, 0) is 11.3 Å². The van der Waals surface area contributed by atoms with Crippen molar-refractivity contribution in [1.29, 1.82) is 0 Å². The Morgan fingerprint density at radius 3 is 2.48 bits per heavy atom. The molecular formula is C21H27N3O3. The molecule has 2 rings (SSSR count). The lowest BCUT2D eigenvalue weighted by molar-refractivity contribution is -0.114. The highest BCUT2D eigenvalue weighted by Gasteiger charge is 2.10. The van der Waals surface area contributed by atoms with Gasteiger partial charge in [-0.05, 0) is 56.2 Å². The Labute approximate surface area is 160 Å². The van der Waals surface area contributed by atoms with Crippen molar-refractivity contribution in [2.75, 3.05) is 5.32 Å². The summed E-state index contributed by atoms with van der Waals surface area (Å²) in [7, 11) is 0. The summed E-state index contributed by atoms with van der Waals surface area (Å²) in [5.74, 6) is 0.655. The molecule has 27 heavy (non-hydrogen) atoms. The lowest BCUT2D eigenvalue weighted by Gasteiger charge is -2.16. The molecule has 2 aromatic rings. The van der Waals surface area contributed by atoms with Crippen molar-refractivity contribution in [2.24, 2.45) is 0 Å². The molecule has 0 radical (unpaired) electrons. The molecule has 0 aliphatic rings. The minimum atomic E-state index is -0.261. The van der Waals surface area contributed by atoms with Crippen molar-refractivity contribution in [1.82, 2.24) is 10.6 Å². The quantitative estimate of drug-likeness (QED) is 0.690. The highest BCUT2D eigenvalue weighted by Crippen LogP contribution is 2.18. The molecule has 1 atom stereocenters. The molecule has 3 N–H and O–H groups in total. The number of hydrogen-bond acceptors (Lipinski definition) is 3. The summed E-state index contributed by atoms with van der Waals surface area (Å²) >= 11 is 0. The van der Waals surface area contributed by atoms with Crippen molar-refractivity contribution in [3.63, 3.8) is 0 Å². The van der Waals surface area contributed by atoms with E-state index in [1.54, 1.807) is 0 Å². The van der Waals surface area contributed by atoms with Gasteiger partial charge in [0.2, 0.25) is 5.91 Å². The van der Waals surface area contributed by atoms with Crippen LogP contribution in [0.4, 0.5) is 10.5 Å². The van der Waals surface area contributed by atoms with Crippen LogP contribution in [0.15, 0.2) is 48.5 Å². The fourth-order valence-corrected chi connectivity index (χ4v) is 2.60. The van der Waals surface area contributed by atoms with E-state index in [1.807, 2.05) is 69.3 Å². The molecule has 0 aliphatic carbocycles. The average Bonchev–Trinajstić information content (AvgIpc) is 2.59. The summed E-state index contributed by atoms with van der Waals surface area (Å²) < 4.78 is 5.66. The molecule has 0 fully saturated rings. The van der Waals surface area contributed by atoms with Gasteiger partial charge in [0.15, 0.2) is 0 Å². The van der Waals surface area contributed by atoms with Gasteiger partial charge < -0.3 is 20.7 Å². The second kappa shape index (κ2) is 9.62. The number of benzene rings is 2. The van der Waals surface area contributed by atoms with Gasteiger partial charge in [-0.25, -0.2) is 4.79 Å². The maximum atomic E-state index is 12.2. The van der Waals surface area contributed by atoms with Crippen LogP contribution in [0.25, 0.3) is 0 Å². The lowest BCUT2D eigenvalue weighted by atomic mass is 10.1. The second-order valence-electron chi connectivity index (χ2n) is 6.67. The Morgan fingerprint density at radius 1 is 1.04 bits per heavy atom. The molecule has 6 nitrogen and oxygen atoms in total. The first-order valence-electron chi connectivity index (χ1n) is 9.01. The molecule has 3 amide bonds. The number of carbonyl (C=O) groups excluding carboxylic acids is 2. The Balaban J connectivity index is 1.89. The molecular weight excluding hydrogens is 342 g/mol. The summed E-state index contributed by atoms with van der Waals surface area (Å²) in [4.78, 5) is 23.4. The first-order chi connectivity index (χ1) is 12.8. The first-order valence-corrected chi connectivity index (χ1v) is 9.01. The van der Waals surface area contributed by atoms with Crippen LogP contribution in [-0.4, -0.2) is 18.0 Å². The topological polar surface area (TPSA) is 79.5 Å². The van der Waals surface area contributed by atoms with Crippen LogP contribution in [0.3, 0.4) is 0 Å².